The Bertz CT molecular complexity index is 808. The minimum Gasteiger partial charge on any atom is -0.368 e. The first-order valence-electron chi connectivity index (χ1n) is 10.0. The fourth-order valence-corrected chi connectivity index (χ4v) is 3.28. The summed E-state index contributed by atoms with van der Waals surface area (Å²) in [5, 5.41) is 6.23. The molecule has 1 amide bonds. The first-order chi connectivity index (χ1) is 14.2. The Morgan fingerprint density at radius 2 is 1.67 bits per heavy atom. The van der Waals surface area contributed by atoms with Gasteiger partial charge < -0.3 is 20.4 Å². The van der Waals surface area contributed by atoms with Gasteiger partial charge in [-0.05, 0) is 43.3 Å². The van der Waals surface area contributed by atoms with Gasteiger partial charge in [-0.25, -0.2) is 4.39 Å². The van der Waals surface area contributed by atoms with E-state index in [4.69, 9.17) is 0 Å². The van der Waals surface area contributed by atoms with E-state index in [9.17, 15) is 9.18 Å². The van der Waals surface area contributed by atoms with Crippen molar-refractivity contribution < 1.29 is 9.18 Å². The number of carbonyl (C=O) groups is 1. The number of amides is 1. The van der Waals surface area contributed by atoms with Crippen LogP contribution in [0, 0.1) is 5.82 Å². The topological polar surface area (TPSA) is 60.0 Å². The molecule has 0 radical (unpaired) electrons. The van der Waals surface area contributed by atoms with Crippen LogP contribution in [-0.2, 0) is 0 Å². The maximum absolute atomic E-state index is 13.1. The van der Waals surface area contributed by atoms with Gasteiger partial charge in [-0.1, -0.05) is 18.2 Å². The summed E-state index contributed by atoms with van der Waals surface area (Å²) in [6.07, 6.45) is 0. The lowest BCUT2D eigenvalue weighted by molar-refractivity contribution is 0.0954. The third kappa shape index (κ3) is 6.86. The van der Waals surface area contributed by atoms with Crippen LogP contribution in [0.3, 0.4) is 0 Å². The molecule has 0 spiro atoms. The fourth-order valence-electron chi connectivity index (χ4n) is 3.28. The number of hydrogen-bond donors (Lipinski definition) is 2. The molecule has 0 saturated carbocycles. The molecule has 162 valence electrons. The second-order valence-corrected chi connectivity index (χ2v) is 6.81. The molecule has 0 aliphatic carbocycles. The number of nitrogens with zero attached hydrogens (tertiary/aromatic N) is 3. The molecule has 0 aromatic heterocycles. The van der Waals surface area contributed by atoms with Gasteiger partial charge in [0.05, 0.1) is 6.54 Å². The molecule has 0 bridgehead atoms. The zero-order chi connectivity index (χ0) is 20.5. The minimum absolute atomic E-state index is 0. The number of halogens is 2. The van der Waals surface area contributed by atoms with Crippen molar-refractivity contribution in [2.75, 3.05) is 50.7 Å². The number of rotatable bonds is 6. The number of carbonyl (C=O) groups excluding carboxylic acids is 1. The average molecular weight is 525 g/mol. The number of aliphatic imine (C=N–C) groups is 1. The molecular weight excluding hydrogens is 496 g/mol. The summed E-state index contributed by atoms with van der Waals surface area (Å²) in [6.45, 7) is 7.19. The summed E-state index contributed by atoms with van der Waals surface area (Å²) in [5.74, 6) is 0.562. The third-order valence-electron chi connectivity index (χ3n) is 4.80. The van der Waals surface area contributed by atoms with Gasteiger partial charge in [0.2, 0.25) is 0 Å². The van der Waals surface area contributed by atoms with Crippen LogP contribution in [0.2, 0.25) is 0 Å². The van der Waals surface area contributed by atoms with E-state index < -0.39 is 0 Å². The Balaban J connectivity index is 0.00000320. The summed E-state index contributed by atoms with van der Waals surface area (Å²) in [4.78, 5) is 21.2. The highest BCUT2D eigenvalue weighted by Crippen LogP contribution is 2.16. The average Bonchev–Trinajstić information content (AvgIpc) is 2.77. The van der Waals surface area contributed by atoms with Gasteiger partial charge in [0.15, 0.2) is 5.96 Å². The monoisotopic (exact) mass is 525 g/mol. The molecule has 30 heavy (non-hydrogen) atoms. The third-order valence-corrected chi connectivity index (χ3v) is 4.80. The van der Waals surface area contributed by atoms with Gasteiger partial charge >= 0.3 is 0 Å². The second kappa shape index (κ2) is 12.4. The first-order valence-corrected chi connectivity index (χ1v) is 10.0. The Kier molecular flexibility index (Phi) is 9.85. The van der Waals surface area contributed by atoms with E-state index in [0.29, 0.717) is 18.7 Å². The van der Waals surface area contributed by atoms with Crippen molar-refractivity contribution in [3.63, 3.8) is 0 Å². The van der Waals surface area contributed by atoms with Gasteiger partial charge in [0, 0.05) is 50.5 Å². The highest BCUT2D eigenvalue weighted by Gasteiger charge is 2.19. The van der Waals surface area contributed by atoms with Crippen LogP contribution in [-0.4, -0.2) is 62.6 Å². The zero-order valence-electron chi connectivity index (χ0n) is 17.2. The Morgan fingerprint density at radius 1 is 1.00 bits per heavy atom. The summed E-state index contributed by atoms with van der Waals surface area (Å²) >= 11 is 0. The smallest absolute Gasteiger partial charge is 0.251 e. The lowest BCUT2D eigenvalue weighted by Crippen LogP contribution is -2.52. The van der Waals surface area contributed by atoms with E-state index in [1.165, 1.54) is 12.1 Å². The van der Waals surface area contributed by atoms with Crippen LogP contribution in [0.5, 0.6) is 0 Å². The molecule has 2 aromatic rings. The number of benzene rings is 2. The van der Waals surface area contributed by atoms with Crippen molar-refractivity contribution in [3.8, 4) is 0 Å². The maximum Gasteiger partial charge on any atom is 0.251 e. The summed E-state index contributed by atoms with van der Waals surface area (Å²) < 4.78 is 13.1. The lowest BCUT2D eigenvalue weighted by atomic mass is 10.2. The van der Waals surface area contributed by atoms with Gasteiger partial charge in [-0.2, -0.15) is 0 Å². The molecule has 0 atom stereocenters. The molecule has 1 heterocycles. The molecule has 6 nitrogen and oxygen atoms in total. The van der Waals surface area contributed by atoms with Crippen molar-refractivity contribution >= 4 is 41.5 Å². The number of hydrogen-bond acceptors (Lipinski definition) is 3. The molecular formula is C22H29FIN5O. The van der Waals surface area contributed by atoms with Crippen molar-refractivity contribution in [2.45, 2.75) is 6.92 Å². The fraction of sp³-hybridized carbons (Fsp3) is 0.364. The van der Waals surface area contributed by atoms with Crippen LogP contribution in [0.15, 0.2) is 59.6 Å². The molecule has 1 fully saturated rings. The maximum atomic E-state index is 13.1. The van der Waals surface area contributed by atoms with Gasteiger partial charge in [0.1, 0.15) is 5.82 Å². The molecule has 1 aliphatic heterocycles. The van der Waals surface area contributed by atoms with E-state index in [0.717, 1.165) is 44.4 Å². The van der Waals surface area contributed by atoms with Crippen molar-refractivity contribution in [3.05, 3.63) is 66.0 Å². The Hall–Kier alpha value is -2.36. The van der Waals surface area contributed by atoms with Gasteiger partial charge in [-0.3, -0.25) is 9.79 Å². The number of piperazine rings is 1. The Morgan fingerprint density at radius 3 is 2.30 bits per heavy atom. The van der Waals surface area contributed by atoms with E-state index in [2.05, 4.69) is 25.4 Å². The lowest BCUT2D eigenvalue weighted by Gasteiger charge is -2.37. The summed E-state index contributed by atoms with van der Waals surface area (Å²) in [6, 6.07) is 15.8. The molecule has 3 rings (SSSR count). The second-order valence-electron chi connectivity index (χ2n) is 6.81. The summed E-state index contributed by atoms with van der Waals surface area (Å²) in [7, 11) is 0. The minimum atomic E-state index is -0.215. The molecule has 2 N–H and O–H groups in total. The zero-order valence-corrected chi connectivity index (χ0v) is 19.5. The SMILES string of the molecule is CCNC(=NCCNC(=O)c1ccccc1)N1CCN(c2ccc(F)cc2)CC1.I. The summed E-state index contributed by atoms with van der Waals surface area (Å²) in [5.41, 5.74) is 1.69. The van der Waals surface area contributed by atoms with Crippen LogP contribution in [0.1, 0.15) is 17.3 Å². The first kappa shape index (κ1) is 23.9. The van der Waals surface area contributed by atoms with Crippen LogP contribution in [0.4, 0.5) is 10.1 Å². The number of anilines is 1. The largest absolute Gasteiger partial charge is 0.368 e. The van der Waals surface area contributed by atoms with E-state index in [1.54, 1.807) is 12.1 Å². The molecule has 8 heteroatoms. The van der Waals surface area contributed by atoms with E-state index in [-0.39, 0.29) is 35.7 Å². The van der Waals surface area contributed by atoms with Crippen molar-refractivity contribution in [1.82, 2.24) is 15.5 Å². The number of nitrogens with one attached hydrogen (secondary N) is 2. The Labute approximate surface area is 194 Å². The van der Waals surface area contributed by atoms with E-state index in [1.807, 2.05) is 37.3 Å². The van der Waals surface area contributed by atoms with Crippen LogP contribution in [0.25, 0.3) is 0 Å². The molecule has 0 unspecified atom stereocenters. The quantitative estimate of drug-likeness (QED) is 0.264. The van der Waals surface area contributed by atoms with Gasteiger partial charge in [-0.15, -0.1) is 24.0 Å². The van der Waals surface area contributed by atoms with Crippen molar-refractivity contribution in [1.29, 1.82) is 0 Å². The van der Waals surface area contributed by atoms with Crippen LogP contribution < -0.4 is 15.5 Å². The molecule has 1 saturated heterocycles. The predicted octanol–water partition coefficient (Wildman–Crippen LogP) is 2.96. The highest BCUT2D eigenvalue weighted by atomic mass is 127. The standard InChI is InChI=1S/C22H28FN5O.HI/c1-2-24-22(26-13-12-25-21(29)18-6-4-3-5-7-18)28-16-14-27(15-17-28)20-10-8-19(23)9-11-20;/h3-11H,2,12-17H2,1H3,(H,24,26)(H,25,29);1H. The predicted molar refractivity (Wildman–Crippen MR) is 130 cm³/mol. The molecule has 2 aromatic carbocycles. The van der Waals surface area contributed by atoms with Crippen molar-refractivity contribution in [2.24, 2.45) is 4.99 Å². The van der Waals surface area contributed by atoms with Gasteiger partial charge in [0.25, 0.3) is 5.91 Å². The highest BCUT2D eigenvalue weighted by molar-refractivity contribution is 14.0. The van der Waals surface area contributed by atoms with E-state index >= 15 is 0 Å². The van der Waals surface area contributed by atoms with Crippen LogP contribution >= 0.6 is 24.0 Å². The number of guanidine groups is 1. The molecule has 1 aliphatic rings. The normalized spacial score (nSPS) is 14.1.